The maximum atomic E-state index is 12.7. The van der Waals surface area contributed by atoms with Crippen LogP contribution in [0.15, 0.2) is 28.7 Å². The van der Waals surface area contributed by atoms with Crippen LogP contribution in [0.1, 0.15) is 18.4 Å². The van der Waals surface area contributed by atoms with Crippen molar-refractivity contribution in [2.45, 2.75) is 31.5 Å². The van der Waals surface area contributed by atoms with Gasteiger partial charge in [-0.05, 0) is 24.5 Å². The van der Waals surface area contributed by atoms with E-state index in [0.29, 0.717) is 25.8 Å². The van der Waals surface area contributed by atoms with Gasteiger partial charge in [-0.1, -0.05) is 34.1 Å². The minimum Gasteiger partial charge on any atom is -0.378 e. The van der Waals surface area contributed by atoms with E-state index in [0.717, 1.165) is 29.4 Å². The number of rotatable bonds is 4. The zero-order chi connectivity index (χ0) is 13.9. The summed E-state index contributed by atoms with van der Waals surface area (Å²) in [7, 11) is 0. The Hall–Kier alpha value is -0.910. The van der Waals surface area contributed by atoms with Crippen molar-refractivity contribution < 1.29 is 9.53 Å². The van der Waals surface area contributed by atoms with Gasteiger partial charge in [-0.3, -0.25) is 4.79 Å². The number of carbonyl (C=O) groups excluding carboxylic acids is 1. The molecule has 1 N–H and O–H groups in total. The largest absolute Gasteiger partial charge is 0.378 e. The molecule has 1 atom stereocenters. The van der Waals surface area contributed by atoms with Gasteiger partial charge < -0.3 is 15.0 Å². The van der Waals surface area contributed by atoms with E-state index < -0.39 is 0 Å². The summed E-state index contributed by atoms with van der Waals surface area (Å²) in [6.45, 7) is 2.60. The third-order valence-corrected chi connectivity index (χ3v) is 4.56. The number of nitrogens with one attached hydrogen (secondary N) is 1. The van der Waals surface area contributed by atoms with E-state index >= 15 is 0 Å². The molecular weight excluding hydrogens is 320 g/mol. The third kappa shape index (κ3) is 3.22. The Kier molecular flexibility index (Phi) is 4.38. The van der Waals surface area contributed by atoms with Gasteiger partial charge in [-0.2, -0.15) is 0 Å². The maximum absolute atomic E-state index is 12.7. The summed E-state index contributed by atoms with van der Waals surface area (Å²) in [4.78, 5) is 14.7. The fraction of sp³-hybridized carbons (Fsp3) is 0.533. The maximum Gasteiger partial charge on any atom is 0.242 e. The van der Waals surface area contributed by atoms with E-state index in [2.05, 4.69) is 27.3 Å². The van der Waals surface area contributed by atoms with Gasteiger partial charge in [-0.15, -0.1) is 0 Å². The summed E-state index contributed by atoms with van der Waals surface area (Å²) >= 11 is 3.56. The molecule has 1 heterocycles. The van der Waals surface area contributed by atoms with E-state index in [1.807, 2.05) is 23.1 Å². The van der Waals surface area contributed by atoms with E-state index in [1.54, 1.807) is 0 Å². The highest BCUT2D eigenvalue weighted by Gasteiger charge is 2.36. The number of morpholine rings is 1. The predicted octanol–water partition coefficient (Wildman–Crippen LogP) is 1.93. The lowest BCUT2D eigenvalue weighted by Gasteiger charge is -2.30. The van der Waals surface area contributed by atoms with Crippen LogP contribution in [0.5, 0.6) is 0 Å². The minimum atomic E-state index is -0.188. The standard InChI is InChI=1S/C15H19BrN2O2/c16-13-4-2-1-3-11(13)9-18(12-5-6-12)15(19)14-10-20-8-7-17-14/h1-4,12,14,17H,5-10H2. The fourth-order valence-corrected chi connectivity index (χ4v) is 2.92. The number of carbonyl (C=O) groups is 1. The second-order valence-corrected chi connectivity index (χ2v) is 6.22. The van der Waals surface area contributed by atoms with Crippen LogP contribution in [-0.4, -0.2) is 42.6 Å². The van der Waals surface area contributed by atoms with Gasteiger partial charge >= 0.3 is 0 Å². The first-order valence-corrected chi connectivity index (χ1v) is 7.90. The highest BCUT2D eigenvalue weighted by atomic mass is 79.9. The van der Waals surface area contributed by atoms with Crippen LogP contribution >= 0.6 is 15.9 Å². The lowest BCUT2D eigenvalue weighted by Crippen LogP contribution is -2.52. The van der Waals surface area contributed by atoms with Crippen LogP contribution < -0.4 is 5.32 Å². The molecule has 3 rings (SSSR count). The number of amides is 1. The van der Waals surface area contributed by atoms with E-state index in [1.165, 1.54) is 0 Å². The van der Waals surface area contributed by atoms with Crippen molar-refractivity contribution in [3.05, 3.63) is 34.3 Å². The summed E-state index contributed by atoms with van der Waals surface area (Å²) < 4.78 is 6.47. The zero-order valence-electron chi connectivity index (χ0n) is 11.3. The molecule has 0 radical (unpaired) electrons. The van der Waals surface area contributed by atoms with Crippen molar-refractivity contribution in [2.75, 3.05) is 19.8 Å². The van der Waals surface area contributed by atoms with Crippen molar-refractivity contribution in [2.24, 2.45) is 0 Å². The molecule has 0 aromatic heterocycles. The van der Waals surface area contributed by atoms with Crippen LogP contribution in [-0.2, 0) is 16.1 Å². The Labute approximate surface area is 127 Å². The van der Waals surface area contributed by atoms with Crippen LogP contribution in [0.25, 0.3) is 0 Å². The molecule has 108 valence electrons. The van der Waals surface area contributed by atoms with Crippen molar-refractivity contribution in [1.29, 1.82) is 0 Å². The molecule has 1 amide bonds. The summed E-state index contributed by atoms with van der Waals surface area (Å²) in [5.74, 6) is 0.169. The molecule has 2 fully saturated rings. The molecule has 1 saturated carbocycles. The highest BCUT2D eigenvalue weighted by molar-refractivity contribution is 9.10. The van der Waals surface area contributed by atoms with Crippen molar-refractivity contribution >= 4 is 21.8 Å². The van der Waals surface area contributed by atoms with Crippen molar-refractivity contribution in [3.8, 4) is 0 Å². The molecule has 5 heteroatoms. The van der Waals surface area contributed by atoms with Crippen LogP contribution in [0.4, 0.5) is 0 Å². The number of halogens is 1. The van der Waals surface area contributed by atoms with E-state index in [4.69, 9.17) is 4.74 Å². The molecule has 1 aromatic rings. The Morgan fingerprint density at radius 1 is 1.40 bits per heavy atom. The molecule has 1 unspecified atom stereocenters. The van der Waals surface area contributed by atoms with Gasteiger partial charge in [0.2, 0.25) is 5.91 Å². The number of nitrogens with zero attached hydrogens (tertiary/aromatic N) is 1. The topological polar surface area (TPSA) is 41.6 Å². The SMILES string of the molecule is O=C(C1COCCN1)N(Cc1ccccc1Br)C1CC1. The molecule has 1 aliphatic heterocycles. The zero-order valence-corrected chi connectivity index (χ0v) is 12.9. The molecule has 1 saturated heterocycles. The van der Waals surface area contributed by atoms with Gasteiger partial charge in [-0.25, -0.2) is 0 Å². The quantitative estimate of drug-likeness (QED) is 0.911. The Morgan fingerprint density at radius 3 is 2.85 bits per heavy atom. The third-order valence-electron chi connectivity index (χ3n) is 3.79. The van der Waals surface area contributed by atoms with Crippen molar-refractivity contribution in [1.82, 2.24) is 10.2 Å². The second-order valence-electron chi connectivity index (χ2n) is 5.37. The lowest BCUT2D eigenvalue weighted by molar-refractivity contribution is -0.137. The lowest BCUT2D eigenvalue weighted by atomic mass is 10.1. The number of benzene rings is 1. The average Bonchev–Trinajstić information content (AvgIpc) is 3.31. The van der Waals surface area contributed by atoms with Gasteiger partial charge in [0.15, 0.2) is 0 Å². The fourth-order valence-electron chi connectivity index (χ4n) is 2.51. The van der Waals surface area contributed by atoms with Crippen LogP contribution in [0.2, 0.25) is 0 Å². The molecule has 0 bridgehead atoms. The second kappa shape index (κ2) is 6.24. The molecule has 4 nitrogen and oxygen atoms in total. The average molecular weight is 339 g/mol. The molecule has 0 spiro atoms. The van der Waals surface area contributed by atoms with E-state index in [-0.39, 0.29) is 11.9 Å². The summed E-state index contributed by atoms with van der Waals surface area (Å²) in [5, 5.41) is 3.25. The molecule has 20 heavy (non-hydrogen) atoms. The van der Waals surface area contributed by atoms with Crippen LogP contribution in [0, 0.1) is 0 Å². The first kappa shape index (κ1) is 14.0. The number of hydrogen-bond donors (Lipinski definition) is 1. The molecular formula is C15H19BrN2O2. The van der Waals surface area contributed by atoms with Gasteiger partial charge in [0.1, 0.15) is 6.04 Å². The Morgan fingerprint density at radius 2 is 2.20 bits per heavy atom. The van der Waals surface area contributed by atoms with Gasteiger partial charge in [0.05, 0.1) is 13.2 Å². The number of ether oxygens (including phenoxy) is 1. The number of hydrogen-bond acceptors (Lipinski definition) is 3. The molecule has 1 aromatic carbocycles. The van der Waals surface area contributed by atoms with E-state index in [9.17, 15) is 4.79 Å². The predicted molar refractivity (Wildman–Crippen MR) is 80.3 cm³/mol. The Balaban J connectivity index is 1.72. The Bertz CT molecular complexity index is 485. The smallest absolute Gasteiger partial charge is 0.242 e. The minimum absolute atomic E-state index is 0.169. The van der Waals surface area contributed by atoms with Gasteiger partial charge in [0, 0.05) is 23.6 Å². The van der Waals surface area contributed by atoms with Crippen molar-refractivity contribution in [3.63, 3.8) is 0 Å². The first-order chi connectivity index (χ1) is 9.75. The first-order valence-electron chi connectivity index (χ1n) is 7.11. The summed E-state index contributed by atoms with van der Waals surface area (Å²) in [6.07, 6.45) is 2.23. The summed E-state index contributed by atoms with van der Waals surface area (Å²) in [6, 6.07) is 8.31. The normalized spacial score (nSPS) is 22.6. The highest BCUT2D eigenvalue weighted by Crippen LogP contribution is 2.30. The molecule has 1 aliphatic carbocycles. The van der Waals surface area contributed by atoms with Gasteiger partial charge in [0.25, 0.3) is 0 Å². The molecule has 2 aliphatic rings. The monoisotopic (exact) mass is 338 g/mol. The van der Waals surface area contributed by atoms with Crippen LogP contribution in [0.3, 0.4) is 0 Å². The summed E-state index contributed by atoms with van der Waals surface area (Å²) in [5.41, 5.74) is 1.16.